The van der Waals surface area contributed by atoms with Crippen molar-refractivity contribution in [3.8, 4) is 0 Å². The predicted molar refractivity (Wildman–Crippen MR) is 53.3 cm³/mol. The lowest BCUT2D eigenvalue weighted by molar-refractivity contribution is 0.506. The van der Waals surface area contributed by atoms with Gasteiger partial charge in [-0.3, -0.25) is 0 Å². The van der Waals surface area contributed by atoms with Crippen molar-refractivity contribution in [3.05, 3.63) is 46.6 Å². The number of nitrogens with zero attached hydrogens (tertiary/aromatic N) is 2. The lowest BCUT2D eigenvalue weighted by Gasteiger charge is -1.97. The normalized spacial score (nSPS) is 10.4. The molecular weight excluding hydrogens is 200 g/mol. The molecule has 0 aliphatic carbocycles. The number of rotatable bonds is 2. The third-order valence-corrected chi connectivity index (χ3v) is 2.03. The van der Waals surface area contributed by atoms with Crippen molar-refractivity contribution in [2.75, 3.05) is 0 Å². The average molecular weight is 209 g/mol. The molecule has 0 bridgehead atoms. The largest absolute Gasteiger partial charge is 0.412 e. The highest BCUT2D eigenvalue weighted by molar-refractivity contribution is 6.27. The Hall–Kier alpha value is -1.35. The minimum Gasteiger partial charge on any atom is -0.412 e. The molecule has 0 N–H and O–H groups in total. The summed E-state index contributed by atoms with van der Waals surface area (Å²) in [5, 5.41) is 7.47. The van der Waals surface area contributed by atoms with Crippen LogP contribution in [-0.2, 0) is 6.42 Å². The lowest BCUT2D eigenvalue weighted by Crippen LogP contribution is -1.88. The van der Waals surface area contributed by atoms with Crippen molar-refractivity contribution < 1.29 is 4.42 Å². The first-order valence-corrected chi connectivity index (χ1v) is 4.65. The molecule has 0 aliphatic rings. The van der Waals surface area contributed by atoms with Crippen LogP contribution in [0.3, 0.4) is 0 Å². The zero-order chi connectivity index (χ0) is 9.97. The van der Waals surface area contributed by atoms with Gasteiger partial charge < -0.3 is 4.42 Å². The third-order valence-electron chi connectivity index (χ3n) is 1.88. The number of aromatic nitrogens is 2. The third kappa shape index (κ3) is 2.12. The maximum atomic E-state index is 5.52. The van der Waals surface area contributed by atoms with Crippen LogP contribution in [0.5, 0.6) is 0 Å². The van der Waals surface area contributed by atoms with Gasteiger partial charge in [-0.05, 0) is 24.1 Å². The average Bonchev–Trinajstić information content (AvgIpc) is 2.51. The van der Waals surface area contributed by atoms with Crippen molar-refractivity contribution in [3.63, 3.8) is 0 Å². The topological polar surface area (TPSA) is 38.9 Å². The fourth-order valence-electron chi connectivity index (χ4n) is 1.30. The lowest BCUT2D eigenvalue weighted by atomic mass is 10.1. The molecule has 2 rings (SSSR count). The maximum Gasteiger partial charge on any atom is 0.312 e. The zero-order valence-electron chi connectivity index (χ0n) is 7.70. The Morgan fingerprint density at radius 3 is 2.86 bits per heavy atom. The summed E-state index contributed by atoms with van der Waals surface area (Å²) < 4.78 is 5.07. The van der Waals surface area contributed by atoms with Crippen molar-refractivity contribution in [2.24, 2.45) is 0 Å². The van der Waals surface area contributed by atoms with Gasteiger partial charge in [-0.25, -0.2) is 0 Å². The molecule has 0 unspecified atom stereocenters. The van der Waals surface area contributed by atoms with E-state index < -0.39 is 0 Å². The minimum atomic E-state index is 0.0904. The van der Waals surface area contributed by atoms with E-state index in [1.807, 2.05) is 25.1 Å². The molecular formula is C10H9ClN2O. The van der Waals surface area contributed by atoms with Crippen LogP contribution in [0.2, 0.25) is 5.35 Å². The van der Waals surface area contributed by atoms with Gasteiger partial charge in [-0.2, -0.15) is 0 Å². The standard InChI is InChI=1S/C10H9ClN2O/c1-7-3-2-4-8(5-7)6-9-12-13-10(11)14-9/h2-5H,6H2,1H3. The van der Waals surface area contributed by atoms with Crippen LogP contribution in [0.1, 0.15) is 17.0 Å². The van der Waals surface area contributed by atoms with Crippen molar-refractivity contribution >= 4 is 11.6 Å². The zero-order valence-corrected chi connectivity index (χ0v) is 8.45. The first-order valence-electron chi connectivity index (χ1n) is 4.27. The summed E-state index contributed by atoms with van der Waals surface area (Å²) in [5.41, 5.74) is 2.36. The molecule has 0 amide bonds. The first kappa shape index (κ1) is 9.21. The molecule has 0 saturated carbocycles. The second-order valence-corrected chi connectivity index (χ2v) is 3.44. The molecule has 0 saturated heterocycles. The Balaban J connectivity index is 2.18. The first-order chi connectivity index (χ1) is 6.74. The van der Waals surface area contributed by atoms with E-state index in [9.17, 15) is 0 Å². The molecule has 1 aromatic carbocycles. The maximum absolute atomic E-state index is 5.52. The second kappa shape index (κ2) is 3.80. The molecule has 0 aliphatic heterocycles. The van der Waals surface area contributed by atoms with Gasteiger partial charge in [0.05, 0.1) is 6.42 Å². The molecule has 14 heavy (non-hydrogen) atoms. The van der Waals surface area contributed by atoms with Gasteiger partial charge in [-0.15, -0.1) is 5.10 Å². The van der Waals surface area contributed by atoms with E-state index in [1.165, 1.54) is 5.56 Å². The summed E-state index contributed by atoms with van der Waals surface area (Å²) in [7, 11) is 0. The van der Waals surface area contributed by atoms with Gasteiger partial charge in [0.15, 0.2) is 0 Å². The van der Waals surface area contributed by atoms with Crippen molar-refractivity contribution in [1.29, 1.82) is 0 Å². The van der Waals surface area contributed by atoms with E-state index in [-0.39, 0.29) is 5.35 Å². The van der Waals surface area contributed by atoms with Crippen LogP contribution in [0.4, 0.5) is 0 Å². The van der Waals surface area contributed by atoms with Crippen molar-refractivity contribution in [2.45, 2.75) is 13.3 Å². The van der Waals surface area contributed by atoms with Crippen molar-refractivity contribution in [1.82, 2.24) is 10.2 Å². The summed E-state index contributed by atoms with van der Waals surface area (Å²) in [6.07, 6.45) is 0.626. The van der Waals surface area contributed by atoms with Gasteiger partial charge in [-0.1, -0.05) is 34.9 Å². The van der Waals surface area contributed by atoms with Crippen LogP contribution < -0.4 is 0 Å². The summed E-state index contributed by atoms with van der Waals surface area (Å²) >= 11 is 5.52. The molecule has 0 fully saturated rings. The Morgan fingerprint density at radius 1 is 1.36 bits per heavy atom. The smallest absolute Gasteiger partial charge is 0.312 e. The fourth-order valence-corrected chi connectivity index (χ4v) is 1.43. The van der Waals surface area contributed by atoms with E-state index in [0.29, 0.717) is 12.3 Å². The summed E-state index contributed by atoms with van der Waals surface area (Å²) in [6, 6.07) is 8.15. The van der Waals surface area contributed by atoms with Gasteiger partial charge in [0.2, 0.25) is 5.89 Å². The monoisotopic (exact) mass is 208 g/mol. The number of hydrogen-bond donors (Lipinski definition) is 0. The van der Waals surface area contributed by atoms with E-state index in [2.05, 4.69) is 16.3 Å². The molecule has 0 spiro atoms. The highest BCUT2D eigenvalue weighted by atomic mass is 35.5. The van der Waals surface area contributed by atoms with Crippen LogP contribution in [0, 0.1) is 6.92 Å². The predicted octanol–water partition coefficient (Wildman–Crippen LogP) is 2.62. The van der Waals surface area contributed by atoms with Crippen LogP contribution >= 0.6 is 11.6 Å². The molecule has 1 aromatic heterocycles. The summed E-state index contributed by atoms with van der Waals surface area (Å²) in [6.45, 7) is 2.05. The fraction of sp³-hybridized carbons (Fsp3) is 0.200. The molecule has 2 aromatic rings. The van der Waals surface area contributed by atoms with E-state index in [1.54, 1.807) is 0 Å². The minimum absolute atomic E-state index is 0.0904. The van der Waals surface area contributed by atoms with E-state index in [4.69, 9.17) is 16.0 Å². The summed E-state index contributed by atoms with van der Waals surface area (Å²) in [4.78, 5) is 0. The molecule has 0 radical (unpaired) electrons. The Morgan fingerprint density at radius 2 is 2.21 bits per heavy atom. The van der Waals surface area contributed by atoms with E-state index in [0.717, 1.165) is 5.56 Å². The highest BCUT2D eigenvalue weighted by Crippen LogP contribution is 2.12. The molecule has 1 heterocycles. The van der Waals surface area contributed by atoms with Gasteiger partial charge >= 0.3 is 5.35 Å². The summed E-state index contributed by atoms with van der Waals surface area (Å²) in [5.74, 6) is 0.542. The molecule has 72 valence electrons. The van der Waals surface area contributed by atoms with Gasteiger partial charge in [0, 0.05) is 0 Å². The van der Waals surface area contributed by atoms with Gasteiger partial charge in [0.1, 0.15) is 0 Å². The number of hydrogen-bond acceptors (Lipinski definition) is 3. The van der Waals surface area contributed by atoms with E-state index >= 15 is 0 Å². The second-order valence-electron chi connectivity index (χ2n) is 3.11. The Kier molecular flexibility index (Phi) is 2.50. The van der Waals surface area contributed by atoms with Crippen LogP contribution in [0.25, 0.3) is 0 Å². The Bertz CT molecular complexity index is 439. The van der Waals surface area contributed by atoms with Gasteiger partial charge in [0.25, 0.3) is 0 Å². The van der Waals surface area contributed by atoms with Crippen LogP contribution in [0.15, 0.2) is 28.7 Å². The number of halogens is 1. The quantitative estimate of drug-likeness (QED) is 0.762. The molecule has 0 atom stereocenters. The SMILES string of the molecule is Cc1cccc(Cc2nnc(Cl)o2)c1. The number of aryl methyl sites for hydroxylation is 1. The van der Waals surface area contributed by atoms with Crippen LogP contribution in [-0.4, -0.2) is 10.2 Å². The highest BCUT2D eigenvalue weighted by Gasteiger charge is 2.04. The number of benzene rings is 1. The molecule has 4 heteroatoms. The molecule has 3 nitrogen and oxygen atoms in total. The Labute approximate surface area is 86.7 Å².